The lowest BCUT2D eigenvalue weighted by Gasteiger charge is -2.08. The van der Waals surface area contributed by atoms with Crippen LogP contribution >= 0.6 is 0 Å². The number of rotatable bonds is 2. The molecule has 0 fully saturated rings. The van der Waals surface area contributed by atoms with Gasteiger partial charge in [0, 0.05) is 18.0 Å². The summed E-state index contributed by atoms with van der Waals surface area (Å²) in [5.74, 6) is -0.195. The van der Waals surface area contributed by atoms with Crippen LogP contribution in [0.2, 0.25) is 0 Å². The summed E-state index contributed by atoms with van der Waals surface area (Å²) < 4.78 is 1.39. The number of hydrogen-bond donors (Lipinski definition) is 2. The van der Waals surface area contributed by atoms with Gasteiger partial charge in [-0.25, -0.2) is 0 Å². The van der Waals surface area contributed by atoms with Crippen molar-refractivity contribution in [2.45, 2.75) is 26.7 Å². The predicted octanol–water partition coefficient (Wildman–Crippen LogP) is 2.22. The fourth-order valence-corrected chi connectivity index (χ4v) is 2.57. The van der Waals surface area contributed by atoms with E-state index in [-0.39, 0.29) is 17.4 Å². The molecule has 0 saturated heterocycles. The number of nitrogens with one attached hydrogen (secondary N) is 1. The molecule has 21 heavy (non-hydrogen) atoms. The van der Waals surface area contributed by atoms with Gasteiger partial charge in [-0.05, 0) is 30.5 Å². The molecule has 0 spiro atoms. The third-order valence-electron chi connectivity index (χ3n) is 3.52. The first-order chi connectivity index (χ1) is 10.0. The van der Waals surface area contributed by atoms with Crippen LogP contribution in [0.4, 0.5) is 0 Å². The van der Waals surface area contributed by atoms with E-state index in [2.05, 4.69) is 15.1 Å². The largest absolute Gasteiger partial charge is 0.493 e. The molecule has 0 aliphatic rings. The summed E-state index contributed by atoms with van der Waals surface area (Å²) in [5, 5.41) is 14.7. The molecule has 0 aliphatic heterocycles. The standard InChI is InChI=1S/C15H16N4O2/c1-8(2)11-14(20)17-13-12(10-4-6-16-7-5-10)9(3)18-19(13)15(11)21/h4-8,21H,1-3H3,(H,17,20). The Morgan fingerprint density at radius 2 is 1.95 bits per heavy atom. The molecule has 0 aromatic carbocycles. The van der Waals surface area contributed by atoms with Crippen molar-refractivity contribution in [2.75, 3.05) is 0 Å². The summed E-state index contributed by atoms with van der Waals surface area (Å²) in [5.41, 5.74) is 2.96. The third kappa shape index (κ3) is 1.99. The molecule has 3 heterocycles. The van der Waals surface area contributed by atoms with E-state index in [1.807, 2.05) is 32.9 Å². The second-order valence-corrected chi connectivity index (χ2v) is 5.30. The SMILES string of the molecule is Cc1nn2c(O)c(C(C)C)c(=O)[nH]c2c1-c1ccncc1. The van der Waals surface area contributed by atoms with Gasteiger partial charge in [-0.1, -0.05) is 13.8 Å². The highest BCUT2D eigenvalue weighted by molar-refractivity contribution is 5.79. The zero-order valence-corrected chi connectivity index (χ0v) is 12.1. The minimum Gasteiger partial charge on any atom is -0.493 e. The van der Waals surface area contributed by atoms with Crippen LogP contribution in [0.5, 0.6) is 5.88 Å². The summed E-state index contributed by atoms with van der Waals surface area (Å²) in [4.78, 5) is 19.0. The number of aromatic amines is 1. The molecule has 0 radical (unpaired) electrons. The molecule has 3 aromatic heterocycles. The van der Waals surface area contributed by atoms with Gasteiger partial charge >= 0.3 is 0 Å². The van der Waals surface area contributed by atoms with E-state index >= 15 is 0 Å². The Bertz CT molecular complexity index is 863. The van der Waals surface area contributed by atoms with Crippen LogP contribution in [-0.2, 0) is 0 Å². The van der Waals surface area contributed by atoms with Gasteiger partial charge in [-0.15, -0.1) is 0 Å². The summed E-state index contributed by atoms with van der Waals surface area (Å²) >= 11 is 0. The molecule has 0 unspecified atom stereocenters. The molecular weight excluding hydrogens is 268 g/mol. The van der Waals surface area contributed by atoms with Crippen molar-refractivity contribution in [3.8, 4) is 17.0 Å². The molecule has 6 heteroatoms. The smallest absolute Gasteiger partial charge is 0.258 e. The van der Waals surface area contributed by atoms with Crippen LogP contribution < -0.4 is 5.56 Å². The van der Waals surface area contributed by atoms with E-state index in [1.165, 1.54) is 4.52 Å². The van der Waals surface area contributed by atoms with E-state index in [0.717, 1.165) is 16.8 Å². The molecule has 0 bridgehead atoms. The van der Waals surface area contributed by atoms with Crippen LogP contribution in [0.15, 0.2) is 29.3 Å². The first kappa shape index (κ1) is 13.4. The van der Waals surface area contributed by atoms with E-state index in [0.29, 0.717) is 11.2 Å². The Morgan fingerprint density at radius 3 is 2.57 bits per heavy atom. The van der Waals surface area contributed by atoms with Crippen molar-refractivity contribution in [1.82, 2.24) is 19.6 Å². The zero-order valence-electron chi connectivity index (χ0n) is 12.1. The maximum atomic E-state index is 12.2. The van der Waals surface area contributed by atoms with Gasteiger partial charge in [0.1, 0.15) is 5.65 Å². The summed E-state index contributed by atoms with van der Waals surface area (Å²) in [7, 11) is 0. The summed E-state index contributed by atoms with van der Waals surface area (Å²) in [6, 6.07) is 3.69. The number of hydrogen-bond acceptors (Lipinski definition) is 4. The van der Waals surface area contributed by atoms with Crippen molar-refractivity contribution < 1.29 is 5.11 Å². The molecular formula is C15H16N4O2. The van der Waals surface area contributed by atoms with Crippen LogP contribution in [0, 0.1) is 6.92 Å². The van der Waals surface area contributed by atoms with E-state index in [9.17, 15) is 9.90 Å². The first-order valence-electron chi connectivity index (χ1n) is 6.75. The average molecular weight is 284 g/mol. The van der Waals surface area contributed by atoms with Crippen LogP contribution in [0.1, 0.15) is 31.0 Å². The van der Waals surface area contributed by atoms with E-state index in [1.54, 1.807) is 12.4 Å². The highest BCUT2D eigenvalue weighted by atomic mass is 16.3. The van der Waals surface area contributed by atoms with Gasteiger partial charge in [0.2, 0.25) is 5.88 Å². The summed E-state index contributed by atoms with van der Waals surface area (Å²) in [6.07, 6.45) is 3.36. The number of aromatic hydroxyl groups is 1. The Labute approximate surface area is 121 Å². The van der Waals surface area contributed by atoms with Crippen LogP contribution in [0.25, 0.3) is 16.8 Å². The van der Waals surface area contributed by atoms with Gasteiger partial charge in [-0.3, -0.25) is 9.78 Å². The molecule has 0 aliphatic carbocycles. The number of pyridine rings is 1. The van der Waals surface area contributed by atoms with Gasteiger partial charge in [0.25, 0.3) is 5.56 Å². The third-order valence-corrected chi connectivity index (χ3v) is 3.52. The molecule has 0 amide bonds. The Balaban J connectivity index is 2.40. The molecule has 3 rings (SSSR count). The lowest BCUT2D eigenvalue weighted by Crippen LogP contribution is -2.17. The Hall–Kier alpha value is -2.63. The first-order valence-corrected chi connectivity index (χ1v) is 6.75. The molecule has 2 N–H and O–H groups in total. The zero-order chi connectivity index (χ0) is 15.1. The van der Waals surface area contributed by atoms with Crippen LogP contribution in [-0.4, -0.2) is 24.7 Å². The molecule has 6 nitrogen and oxygen atoms in total. The normalized spacial score (nSPS) is 11.4. The fraction of sp³-hybridized carbons (Fsp3) is 0.267. The van der Waals surface area contributed by atoms with Gasteiger partial charge < -0.3 is 10.1 Å². The average Bonchev–Trinajstić information content (AvgIpc) is 2.76. The number of aromatic nitrogens is 4. The Morgan fingerprint density at radius 1 is 1.29 bits per heavy atom. The fourth-order valence-electron chi connectivity index (χ4n) is 2.57. The monoisotopic (exact) mass is 284 g/mol. The quantitative estimate of drug-likeness (QED) is 0.756. The minimum absolute atomic E-state index is 0.0907. The van der Waals surface area contributed by atoms with Gasteiger partial charge in [-0.2, -0.15) is 9.61 Å². The molecule has 0 atom stereocenters. The van der Waals surface area contributed by atoms with E-state index < -0.39 is 0 Å². The lowest BCUT2D eigenvalue weighted by atomic mass is 10.1. The highest BCUT2D eigenvalue weighted by Crippen LogP contribution is 2.30. The molecule has 108 valence electrons. The maximum Gasteiger partial charge on any atom is 0.258 e. The highest BCUT2D eigenvalue weighted by Gasteiger charge is 2.20. The second-order valence-electron chi connectivity index (χ2n) is 5.30. The van der Waals surface area contributed by atoms with Gasteiger partial charge in [0.05, 0.1) is 11.3 Å². The van der Waals surface area contributed by atoms with Gasteiger partial charge in [0.15, 0.2) is 0 Å². The second kappa shape index (κ2) is 4.73. The number of nitrogens with zero attached hydrogens (tertiary/aromatic N) is 3. The molecule has 3 aromatic rings. The van der Waals surface area contributed by atoms with Crippen molar-refractivity contribution >= 4 is 5.65 Å². The number of aryl methyl sites for hydroxylation is 1. The van der Waals surface area contributed by atoms with E-state index in [4.69, 9.17) is 0 Å². The Kier molecular flexibility index (Phi) is 3.01. The van der Waals surface area contributed by atoms with Crippen LogP contribution in [0.3, 0.4) is 0 Å². The van der Waals surface area contributed by atoms with Crippen molar-refractivity contribution in [1.29, 1.82) is 0 Å². The maximum absolute atomic E-state index is 12.2. The van der Waals surface area contributed by atoms with Crippen molar-refractivity contribution in [3.63, 3.8) is 0 Å². The summed E-state index contributed by atoms with van der Waals surface area (Å²) in [6.45, 7) is 5.56. The lowest BCUT2D eigenvalue weighted by molar-refractivity contribution is 0.422. The predicted molar refractivity (Wildman–Crippen MR) is 79.5 cm³/mol. The number of H-pyrrole nitrogens is 1. The topological polar surface area (TPSA) is 83.3 Å². The van der Waals surface area contributed by atoms with Crippen molar-refractivity contribution in [3.05, 3.63) is 46.1 Å². The van der Waals surface area contributed by atoms with Crippen molar-refractivity contribution in [2.24, 2.45) is 0 Å². The minimum atomic E-state index is -0.287. The molecule has 0 saturated carbocycles. The number of fused-ring (bicyclic) bond motifs is 1.